The molecule has 2 aromatic carbocycles. The first kappa shape index (κ1) is 19.9. The molecule has 0 spiro atoms. The summed E-state index contributed by atoms with van der Waals surface area (Å²) in [5.41, 5.74) is 3.29. The van der Waals surface area contributed by atoms with Crippen molar-refractivity contribution in [3.8, 4) is 0 Å². The summed E-state index contributed by atoms with van der Waals surface area (Å²) >= 11 is 5.94. The third-order valence-electron chi connectivity index (χ3n) is 6.35. The quantitative estimate of drug-likeness (QED) is 0.504. The number of para-hydroxylation sites is 1. The molecule has 1 heterocycles. The monoisotopic (exact) mass is 406 g/mol. The van der Waals surface area contributed by atoms with Crippen LogP contribution in [-0.2, 0) is 4.79 Å². The molecule has 1 aliphatic rings. The zero-order valence-electron chi connectivity index (χ0n) is 16.8. The molecule has 1 amide bonds. The standard InChI is InChI=1S/C25H27ClN2O/c1-2-21(25(29)28-20-13-11-19(26)12-14-20)17-7-9-18(10-8-17)22-15-16-27-24-6-4-3-5-23(22)24/h3-6,11-18,21H,2,7-10H2,1H3,(H,28,29). The third-order valence-corrected chi connectivity index (χ3v) is 6.60. The van der Waals surface area contributed by atoms with Crippen molar-refractivity contribution >= 4 is 34.1 Å². The first-order chi connectivity index (χ1) is 14.2. The van der Waals surface area contributed by atoms with Crippen molar-refractivity contribution in [1.82, 2.24) is 4.98 Å². The van der Waals surface area contributed by atoms with Gasteiger partial charge in [0.2, 0.25) is 5.91 Å². The van der Waals surface area contributed by atoms with Crippen molar-refractivity contribution in [1.29, 1.82) is 0 Å². The molecule has 0 saturated heterocycles. The second kappa shape index (κ2) is 8.96. The Kier molecular flexibility index (Phi) is 6.15. The topological polar surface area (TPSA) is 42.0 Å². The van der Waals surface area contributed by atoms with Crippen molar-refractivity contribution in [2.75, 3.05) is 5.32 Å². The fourth-order valence-corrected chi connectivity index (χ4v) is 4.93. The van der Waals surface area contributed by atoms with E-state index in [9.17, 15) is 4.79 Å². The largest absolute Gasteiger partial charge is 0.326 e. The van der Waals surface area contributed by atoms with Gasteiger partial charge in [0.1, 0.15) is 0 Å². The van der Waals surface area contributed by atoms with Gasteiger partial charge in [0.25, 0.3) is 0 Å². The van der Waals surface area contributed by atoms with E-state index in [-0.39, 0.29) is 11.8 Å². The fraction of sp³-hybridized carbons (Fsp3) is 0.360. The molecule has 1 N–H and O–H groups in total. The zero-order chi connectivity index (χ0) is 20.2. The summed E-state index contributed by atoms with van der Waals surface area (Å²) in [6, 6.07) is 17.9. The van der Waals surface area contributed by atoms with Crippen molar-refractivity contribution in [3.63, 3.8) is 0 Å². The average molecular weight is 407 g/mol. The van der Waals surface area contributed by atoms with E-state index in [0.29, 0.717) is 16.9 Å². The van der Waals surface area contributed by atoms with Crippen LogP contribution < -0.4 is 5.32 Å². The Balaban J connectivity index is 1.42. The van der Waals surface area contributed by atoms with Crippen LogP contribution in [0, 0.1) is 11.8 Å². The molecule has 29 heavy (non-hydrogen) atoms. The smallest absolute Gasteiger partial charge is 0.227 e. The van der Waals surface area contributed by atoms with Crippen molar-refractivity contribution < 1.29 is 4.79 Å². The lowest BCUT2D eigenvalue weighted by Gasteiger charge is -2.33. The second-order valence-corrected chi connectivity index (χ2v) is 8.48. The molecule has 0 bridgehead atoms. The minimum Gasteiger partial charge on any atom is -0.326 e. The fourth-order valence-electron chi connectivity index (χ4n) is 4.81. The predicted octanol–water partition coefficient (Wildman–Crippen LogP) is 6.83. The van der Waals surface area contributed by atoms with E-state index in [2.05, 4.69) is 41.5 Å². The number of fused-ring (bicyclic) bond motifs is 1. The van der Waals surface area contributed by atoms with E-state index in [1.807, 2.05) is 36.5 Å². The summed E-state index contributed by atoms with van der Waals surface area (Å²) in [5.74, 6) is 1.18. The van der Waals surface area contributed by atoms with Crippen LogP contribution in [0.5, 0.6) is 0 Å². The Morgan fingerprint density at radius 2 is 1.79 bits per heavy atom. The van der Waals surface area contributed by atoms with Crippen LogP contribution in [0.2, 0.25) is 5.02 Å². The van der Waals surface area contributed by atoms with Gasteiger partial charge < -0.3 is 5.32 Å². The molecule has 4 heteroatoms. The number of hydrogen-bond acceptors (Lipinski definition) is 2. The molecular weight excluding hydrogens is 380 g/mol. The number of nitrogens with zero attached hydrogens (tertiary/aromatic N) is 1. The SMILES string of the molecule is CCC(C(=O)Nc1ccc(Cl)cc1)C1CCC(c2ccnc3ccccc23)CC1. The predicted molar refractivity (Wildman–Crippen MR) is 120 cm³/mol. The minimum atomic E-state index is 0.0563. The molecule has 0 aliphatic heterocycles. The highest BCUT2D eigenvalue weighted by Crippen LogP contribution is 2.41. The van der Waals surface area contributed by atoms with Crippen molar-refractivity contribution in [2.24, 2.45) is 11.8 Å². The number of hydrogen-bond donors (Lipinski definition) is 1. The number of amides is 1. The highest BCUT2D eigenvalue weighted by atomic mass is 35.5. The van der Waals surface area contributed by atoms with Crippen molar-refractivity contribution in [2.45, 2.75) is 44.9 Å². The first-order valence-electron chi connectivity index (χ1n) is 10.6. The van der Waals surface area contributed by atoms with E-state index in [4.69, 9.17) is 11.6 Å². The van der Waals surface area contributed by atoms with Crippen LogP contribution in [0.3, 0.4) is 0 Å². The van der Waals surface area contributed by atoms with Crippen LogP contribution >= 0.6 is 11.6 Å². The molecule has 1 unspecified atom stereocenters. The molecule has 1 fully saturated rings. The van der Waals surface area contributed by atoms with Crippen LogP contribution in [0.25, 0.3) is 10.9 Å². The normalized spacial score (nSPS) is 20.3. The molecule has 1 aliphatic carbocycles. The maximum absolute atomic E-state index is 12.9. The van der Waals surface area contributed by atoms with Gasteiger partial charge in [-0.15, -0.1) is 0 Å². The van der Waals surface area contributed by atoms with Crippen molar-refractivity contribution in [3.05, 3.63) is 71.4 Å². The maximum atomic E-state index is 12.9. The highest BCUT2D eigenvalue weighted by molar-refractivity contribution is 6.30. The molecule has 1 aromatic heterocycles. The second-order valence-electron chi connectivity index (χ2n) is 8.04. The lowest BCUT2D eigenvalue weighted by Crippen LogP contribution is -2.31. The number of anilines is 1. The first-order valence-corrected chi connectivity index (χ1v) is 10.9. The Labute approximate surface area is 177 Å². The Hall–Kier alpha value is -2.39. The van der Waals surface area contributed by atoms with Gasteiger partial charge in [-0.3, -0.25) is 9.78 Å². The van der Waals surface area contributed by atoms with E-state index < -0.39 is 0 Å². The Morgan fingerprint density at radius 1 is 1.07 bits per heavy atom. The Morgan fingerprint density at radius 3 is 2.52 bits per heavy atom. The lowest BCUT2D eigenvalue weighted by molar-refractivity contribution is -0.122. The number of rotatable bonds is 5. The van der Waals surface area contributed by atoms with Gasteiger partial charge >= 0.3 is 0 Å². The van der Waals surface area contributed by atoms with Gasteiger partial charge in [-0.25, -0.2) is 0 Å². The molecule has 3 nitrogen and oxygen atoms in total. The van der Waals surface area contributed by atoms with E-state index in [1.165, 1.54) is 10.9 Å². The van der Waals surface area contributed by atoms with Gasteiger partial charge in [0.05, 0.1) is 5.52 Å². The summed E-state index contributed by atoms with van der Waals surface area (Å²) in [4.78, 5) is 17.4. The van der Waals surface area contributed by atoms with E-state index in [0.717, 1.165) is 43.3 Å². The van der Waals surface area contributed by atoms with Gasteiger partial charge in [-0.05, 0) is 85.9 Å². The summed E-state index contributed by atoms with van der Waals surface area (Å²) in [6.45, 7) is 2.12. The van der Waals surface area contributed by atoms with Gasteiger partial charge in [0.15, 0.2) is 0 Å². The summed E-state index contributed by atoms with van der Waals surface area (Å²) in [5, 5.41) is 5.03. The number of halogens is 1. The molecule has 3 aromatic rings. The highest BCUT2D eigenvalue weighted by Gasteiger charge is 2.32. The molecular formula is C25H27ClN2O. The van der Waals surface area contributed by atoms with Gasteiger partial charge in [0, 0.05) is 28.2 Å². The number of benzene rings is 2. The summed E-state index contributed by atoms with van der Waals surface area (Å²) in [6.07, 6.45) is 7.24. The van der Waals surface area contributed by atoms with Crippen LogP contribution in [0.15, 0.2) is 60.8 Å². The van der Waals surface area contributed by atoms with Gasteiger partial charge in [-0.2, -0.15) is 0 Å². The average Bonchev–Trinajstić information content (AvgIpc) is 2.76. The lowest BCUT2D eigenvalue weighted by atomic mass is 9.72. The van der Waals surface area contributed by atoms with E-state index >= 15 is 0 Å². The Bertz CT molecular complexity index is 972. The summed E-state index contributed by atoms with van der Waals surface area (Å²) in [7, 11) is 0. The number of carbonyl (C=O) groups is 1. The maximum Gasteiger partial charge on any atom is 0.227 e. The number of carbonyl (C=O) groups excluding carboxylic acids is 1. The molecule has 4 rings (SSSR count). The number of aromatic nitrogens is 1. The molecule has 150 valence electrons. The summed E-state index contributed by atoms with van der Waals surface area (Å²) < 4.78 is 0. The minimum absolute atomic E-state index is 0.0563. The molecule has 1 atom stereocenters. The van der Waals surface area contributed by atoms with Crippen LogP contribution in [0.4, 0.5) is 5.69 Å². The van der Waals surface area contributed by atoms with Crippen LogP contribution in [0.1, 0.15) is 50.5 Å². The third kappa shape index (κ3) is 4.45. The number of pyridine rings is 1. The number of nitrogens with one attached hydrogen (secondary N) is 1. The molecule has 0 radical (unpaired) electrons. The van der Waals surface area contributed by atoms with Gasteiger partial charge in [-0.1, -0.05) is 36.7 Å². The zero-order valence-corrected chi connectivity index (χ0v) is 17.5. The molecule has 1 saturated carbocycles. The van der Waals surface area contributed by atoms with E-state index in [1.54, 1.807) is 0 Å². The van der Waals surface area contributed by atoms with Crippen LogP contribution in [-0.4, -0.2) is 10.9 Å².